The molecule has 5 heteroatoms. The smallest absolute Gasteiger partial charge is 0.226 e. The van der Waals surface area contributed by atoms with Gasteiger partial charge in [-0.05, 0) is 82.1 Å². The zero-order valence-corrected chi connectivity index (χ0v) is 15.5. The van der Waals surface area contributed by atoms with Crippen LogP contribution in [-0.2, 0) is 9.59 Å². The van der Waals surface area contributed by atoms with Gasteiger partial charge in [0.05, 0.1) is 0 Å². The molecule has 1 aliphatic heterocycles. The molecule has 1 heterocycles. The molecule has 4 bridgehead atoms. The predicted molar refractivity (Wildman–Crippen MR) is 96.6 cm³/mol. The Balaban J connectivity index is 1.28. The van der Waals surface area contributed by atoms with E-state index in [4.69, 9.17) is 5.73 Å². The maximum atomic E-state index is 12.9. The normalized spacial score (nSPS) is 42.0. The average Bonchev–Trinajstić information content (AvgIpc) is 2.94. The van der Waals surface area contributed by atoms with Crippen LogP contribution in [0.2, 0.25) is 0 Å². The zero-order chi connectivity index (χ0) is 17.6. The zero-order valence-electron chi connectivity index (χ0n) is 15.5. The number of nitrogens with one attached hydrogen (secondary N) is 1. The molecule has 1 saturated heterocycles. The highest BCUT2D eigenvalue weighted by molar-refractivity contribution is 5.84. The van der Waals surface area contributed by atoms with E-state index >= 15 is 0 Å². The molecule has 2 amide bonds. The van der Waals surface area contributed by atoms with Crippen LogP contribution in [0.1, 0.15) is 58.3 Å². The van der Waals surface area contributed by atoms with Gasteiger partial charge in [-0.3, -0.25) is 9.59 Å². The summed E-state index contributed by atoms with van der Waals surface area (Å²) >= 11 is 0. The van der Waals surface area contributed by atoms with Crippen LogP contribution in [0.25, 0.3) is 0 Å². The maximum absolute atomic E-state index is 12.9. The number of rotatable bonds is 5. The summed E-state index contributed by atoms with van der Waals surface area (Å²) in [6.45, 7) is 4.01. The first-order chi connectivity index (χ1) is 12.0. The number of likely N-dealkylation sites (tertiary alicyclic amines) is 1. The summed E-state index contributed by atoms with van der Waals surface area (Å²) < 4.78 is 0. The van der Waals surface area contributed by atoms with Crippen molar-refractivity contribution in [3.05, 3.63) is 0 Å². The standard InChI is InChI=1S/C20H33N3O2/c1-13-4-17(11-21)12-23(13)18(24)2-3-22-19(25)20-8-14-5-15(9-20)7-16(6-14)10-20/h13-17H,2-12,21H2,1H3,(H,22,25). The quantitative estimate of drug-likeness (QED) is 0.798. The van der Waals surface area contributed by atoms with E-state index < -0.39 is 0 Å². The van der Waals surface area contributed by atoms with Crippen LogP contribution in [0.3, 0.4) is 0 Å². The highest BCUT2D eigenvalue weighted by atomic mass is 16.2. The van der Waals surface area contributed by atoms with Gasteiger partial charge in [-0.1, -0.05) is 0 Å². The van der Waals surface area contributed by atoms with Gasteiger partial charge in [-0.25, -0.2) is 0 Å². The van der Waals surface area contributed by atoms with Gasteiger partial charge in [0.1, 0.15) is 0 Å². The van der Waals surface area contributed by atoms with Gasteiger partial charge < -0.3 is 16.0 Å². The summed E-state index contributed by atoms with van der Waals surface area (Å²) in [5.41, 5.74) is 5.64. The SMILES string of the molecule is CC1CC(CN)CN1C(=O)CCNC(=O)C12CC3CC(CC(C3)C1)C2. The van der Waals surface area contributed by atoms with Gasteiger partial charge in [0.15, 0.2) is 0 Å². The molecular weight excluding hydrogens is 314 g/mol. The fourth-order valence-corrected chi connectivity index (χ4v) is 6.66. The second kappa shape index (κ2) is 6.57. The van der Waals surface area contributed by atoms with Gasteiger partial charge in [0.2, 0.25) is 11.8 Å². The lowest BCUT2D eigenvalue weighted by atomic mass is 9.49. The first-order valence-electron chi connectivity index (χ1n) is 10.3. The van der Waals surface area contributed by atoms with Crippen molar-refractivity contribution in [1.82, 2.24) is 10.2 Å². The number of nitrogens with two attached hydrogens (primary N) is 1. The molecule has 0 aromatic heterocycles. The van der Waals surface area contributed by atoms with E-state index in [1.54, 1.807) is 0 Å². The molecule has 3 N–H and O–H groups in total. The molecule has 5 rings (SSSR count). The van der Waals surface area contributed by atoms with Crippen molar-refractivity contribution in [2.75, 3.05) is 19.6 Å². The number of hydrogen-bond acceptors (Lipinski definition) is 3. The van der Waals surface area contributed by atoms with E-state index in [1.807, 2.05) is 4.90 Å². The second-order valence-corrected chi connectivity index (χ2v) is 9.44. The first-order valence-corrected chi connectivity index (χ1v) is 10.3. The number of amides is 2. The van der Waals surface area contributed by atoms with Crippen LogP contribution < -0.4 is 11.1 Å². The molecule has 0 aromatic rings. The van der Waals surface area contributed by atoms with Gasteiger partial charge in [0.25, 0.3) is 0 Å². The largest absolute Gasteiger partial charge is 0.355 e. The molecule has 5 nitrogen and oxygen atoms in total. The van der Waals surface area contributed by atoms with Crippen LogP contribution in [-0.4, -0.2) is 42.4 Å². The van der Waals surface area contributed by atoms with Crippen molar-refractivity contribution in [3.63, 3.8) is 0 Å². The second-order valence-electron chi connectivity index (χ2n) is 9.44. The van der Waals surface area contributed by atoms with E-state index in [0.717, 1.165) is 50.0 Å². The lowest BCUT2D eigenvalue weighted by molar-refractivity contribution is -0.146. The van der Waals surface area contributed by atoms with Crippen molar-refractivity contribution < 1.29 is 9.59 Å². The topological polar surface area (TPSA) is 75.4 Å². The van der Waals surface area contributed by atoms with Gasteiger partial charge in [-0.2, -0.15) is 0 Å². The van der Waals surface area contributed by atoms with Crippen molar-refractivity contribution in [2.45, 2.75) is 64.3 Å². The Morgan fingerprint density at radius 2 is 1.68 bits per heavy atom. The van der Waals surface area contributed by atoms with E-state index in [9.17, 15) is 9.59 Å². The highest BCUT2D eigenvalue weighted by Crippen LogP contribution is 2.60. The molecule has 0 aromatic carbocycles. The monoisotopic (exact) mass is 347 g/mol. The molecule has 5 aliphatic rings. The average molecular weight is 348 g/mol. The Morgan fingerprint density at radius 3 is 2.20 bits per heavy atom. The van der Waals surface area contributed by atoms with E-state index in [1.165, 1.54) is 19.3 Å². The van der Waals surface area contributed by atoms with Crippen LogP contribution in [0, 0.1) is 29.1 Å². The summed E-state index contributed by atoms with van der Waals surface area (Å²) in [6.07, 6.45) is 8.71. The van der Waals surface area contributed by atoms with Crippen molar-refractivity contribution in [3.8, 4) is 0 Å². The lowest BCUT2D eigenvalue weighted by Crippen LogP contribution is -2.53. The number of hydrogen-bond donors (Lipinski definition) is 2. The molecule has 140 valence electrons. The molecule has 5 fully saturated rings. The van der Waals surface area contributed by atoms with Crippen molar-refractivity contribution in [2.24, 2.45) is 34.8 Å². The van der Waals surface area contributed by atoms with Crippen molar-refractivity contribution in [1.29, 1.82) is 0 Å². The van der Waals surface area contributed by atoms with Crippen molar-refractivity contribution >= 4 is 11.8 Å². The van der Waals surface area contributed by atoms with Crippen LogP contribution in [0.5, 0.6) is 0 Å². The third-order valence-electron chi connectivity index (χ3n) is 7.46. The molecule has 4 aliphatic carbocycles. The number of carbonyl (C=O) groups excluding carboxylic acids is 2. The van der Waals surface area contributed by atoms with Crippen LogP contribution >= 0.6 is 0 Å². The lowest BCUT2D eigenvalue weighted by Gasteiger charge is -2.55. The first kappa shape index (κ1) is 17.3. The van der Waals surface area contributed by atoms with E-state index in [2.05, 4.69) is 12.2 Å². The molecule has 0 radical (unpaired) electrons. The highest BCUT2D eigenvalue weighted by Gasteiger charge is 2.54. The summed E-state index contributed by atoms with van der Waals surface area (Å²) in [4.78, 5) is 27.3. The Labute approximate surface area is 151 Å². The summed E-state index contributed by atoms with van der Waals surface area (Å²) in [5, 5.41) is 3.12. The van der Waals surface area contributed by atoms with E-state index in [0.29, 0.717) is 25.4 Å². The Morgan fingerprint density at radius 1 is 1.08 bits per heavy atom. The number of carbonyl (C=O) groups is 2. The van der Waals surface area contributed by atoms with Crippen LogP contribution in [0.4, 0.5) is 0 Å². The van der Waals surface area contributed by atoms with Crippen LogP contribution in [0.15, 0.2) is 0 Å². The van der Waals surface area contributed by atoms with Gasteiger partial charge in [0, 0.05) is 31.0 Å². The van der Waals surface area contributed by atoms with Gasteiger partial charge in [-0.15, -0.1) is 0 Å². The minimum absolute atomic E-state index is 0.108. The molecular formula is C20H33N3O2. The predicted octanol–water partition coefficient (Wildman–Crippen LogP) is 1.90. The summed E-state index contributed by atoms with van der Waals surface area (Å²) in [6, 6.07) is 0.278. The molecule has 25 heavy (non-hydrogen) atoms. The maximum Gasteiger partial charge on any atom is 0.226 e. The molecule has 2 unspecified atom stereocenters. The molecule has 0 spiro atoms. The third-order valence-corrected chi connectivity index (χ3v) is 7.46. The Bertz CT molecular complexity index is 512. The van der Waals surface area contributed by atoms with E-state index in [-0.39, 0.29) is 23.3 Å². The fourth-order valence-electron chi connectivity index (χ4n) is 6.66. The third kappa shape index (κ3) is 3.20. The number of nitrogens with zero attached hydrogens (tertiary/aromatic N) is 1. The fraction of sp³-hybridized carbons (Fsp3) is 0.900. The van der Waals surface area contributed by atoms with Gasteiger partial charge >= 0.3 is 0 Å². The summed E-state index contributed by atoms with van der Waals surface area (Å²) in [5.74, 6) is 3.15. The minimum Gasteiger partial charge on any atom is -0.355 e. The Kier molecular flexibility index (Phi) is 4.55. The molecule has 2 atom stereocenters. The Hall–Kier alpha value is -1.10. The molecule has 4 saturated carbocycles. The summed E-state index contributed by atoms with van der Waals surface area (Å²) in [7, 11) is 0. The minimum atomic E-state index is -0.108.